The van der Waals surface area contributed by atoms with Crippen LogP contribution in [0, 0.1) is 12.8 Å². The fourth-order valence-electron chi connectivity index (χ4n) is 4.03. The number of hydrogen-bond acceptors (Lipinski definition) is 8. The van der Waals surface area contributed by atoms with Gasteiger partial charge in [0.1, 0.15) is 14.7 Å². The Morgan fingerprint density at radius 3 is 2.56 bits per heavy atom. The molecule has 0 unspecified atom stereocenters. The number of rotatable bonds is 7. The quantitative estimate of drug-likeness (QED) is 0.469. The van der Waals surface area contributed by atoms with E-state index in [9.17, 15) is 13.2 Å². The Bertz CT molecular complexity index is 1330. The van der Waals surface area contributed by atoms with Crippen molar-refractivity contribution in [1.29, 1.82) is 0 Å². The van der Waals surface area contributed by atoms with Crippen LogP contribution >= 0.6 is 11.3 Å². The smallest absolute Gasteiger partial charge is 0.263 e. The molecule has 10 heteroatoms. The van der Waals surface area contributed by atoms with Crippen LogP contribution in [0.25, 0.3) is 11.3 Å². The Balaban J connectivity index is 1.36. The number of aromatic nitrogens is 3. The highest BCUT2D eigenvalue weighted by molar-refractivity contribution is 7.91. The van der Waals surface area contributed by atoms with Crippen LogP contribution in [-0.2, 0) is 21.8 Å². The Morgan fingerprint density at radius 1 is 1.14 bits per heavy atom. The Morgan fingerprint density at radius 2 is 1.89 bits per heavy atom. The van der Waals surface area contributed by atoms with E-state index in [0.717, 1.165) is 27.4 Å². The van der Waals surface area contributed by atoms with Crippen molar-refractivity contribution in [2.75, 3.05) is 23.4 Å². The summed E-state index contributed by atoms with van der Waals surface area (Å²) in [5.74, 6) is 1.24. The molecule has 192 valence electrons. The van der Waals surface area contributed by atoms with Crippen molar-refractivity contribution < 1.29 is 13.2 Å². The molecule has 2 N–H and O–H groups in total. The summed E-state index contributed by atoms with van der Waals surface area (Å²) in [4.78, 5) is 26.6. The van der Waals surface area contributed by atoms with E-state index in [0.29, 0.717) is 42.7 Å². The van der Waals surface area contributed by atoms with Crippen molar-refractivity contribution in [1.82, 2.24) is 20.3 Å². The fourth-order valence-corrected chi connectivity index (χ4v) is 6.50. The lowest BCUT2D eigenvalue weighted by Crippen LogP contribution is -2.27. The van der Waals surface area contributed by atoms with Gasteiger partial charge in [0.2, 0.25) is 5.95 Å². The van der Waals surface area contributed by atoms with Crippen LogP contribution in [0.3, 0.4) is 0 Å². The molecule has 0 radical (unpaired) electrons. The van der Waals surface area contributed by atoms with Gasteiger partial charge in [0.05, 0.1) is 28.4 Å². The second-order valence-electron chi connectivity index (χ2n) is 10.3. The molecule has 1 fully saturated rings. The first-order valence-electron chi connectivity index (χ1n) is 12.1. The maximum absolute atomic E-state index is 12.6. The number of carbonyl (C=O) groups excluding carboxylic acids is 1. The van der Waals surface area contributed by atoms with Crippen molar-refractivity contribution in [2.24, 2.45) is 5.92 Å². The van der Waals surface area contributed by atoms with E-state index in [4.69, 9.17) is 0 Å². The SMILES string of the molecule is Cc1cc(-c2ccnc(NCC3CCS(=O)(=O)CC3)n2)ccc1CNC(=O)c1cnc(C(C)(C)C)s1. The van der Waals surface area contributed by atoms with Crippen molar-refractivity contribution in [2.45, 2.75) is 52.5 Å². The molecular formula is C26H33N5O3S2. The lowest BCUT2D eigenvalue weighted by Gasteiger charge is -2.22. The number of thiazole rings is 1. The second kappa shape index (κ2) is 10.6. The number of aryl methyl sites for hydroxylation is 1. The molecule has 0 bridgehead atoms. The minimum absolute atomic E-state index is 0.0783. The van der Waals surface area contributed by atoms with Gasteiger partial charge in [-0.25, -0.2) is 23.4 Å². The Kier molecular flexibility index (Phi) is 7.75. The molecule has 0 atom stereocenters. The van der Waals surface area contributed by atoms with E-state index >= 15 is 0 Å². The number of carbonyl (C=O) groups is 1. The van der Waals surface area contributed by atoms with Gasteiger partial charge >= 0.3 is 0 Å². The summed E-state index contributed by atoms with van der Waals surface area (Å²) in [7, 11) is -2.86. The monoisotopic (exact) mass is 527 g/mol. The van der Waals surface area contributed by atoms with Gasteiger partial charge in [0, 0.05) is 30.3 Å². The van der Waals surface area contributed by atoms with Crippen molar-refractivity contribution in [3.8, 4) is 11.3 Å². The highest BCUT2D eigenvalue weighted by Gasteiger charge is 2.23. The van der Waals surface area contributed by atoms with Crippen LogP contribution in [0.5, 0.6) is 0 Å². The number of nitrogens with one attached hydrogen (secondary N) is 2. The molecule has 1 saturated heterocycles. The highest BCUT2D eigenvalue weighted by atomic mass is 32.2. The predicted octanol–water partition coefficient (Wildman–Crippen LogP) is 4.37. The van der Waals surface area contributed by atoms with Crippen LogP contribution in [0.1, 0.15) is 59.4 Å². The summed E-state index contributed by atoms with van der Waals surface area (Å²) in [6.07, 6.45) is 4.72. The topological polar surface area (TPSA) is 114 Å². The number of amides is 1. The molecule has 4 rings (SSSR count). The molecule has 8 nitrogen and oxygen atoms in total. The summed E-state index contributed by atoms with van der Waals surface area (Å²) >= 11 is 1.43. The van der Waals surface area contributed by atoms with Crippen molar-refractivity contribution in [3.63, 3.8) is 0 Å². The van der Waals surface area contributed by atoms with Crippen LogP contribution in [-0.4, -0.2) is 47.3 Å². The third-order valence-corrected chi connectivity index (χ3v) is 9.46. The Labute approximate surface area is 216 Å². The average Bonchev–Trinajstić information content (AvgIpc) is 3.34. The number of sulfone groups is 1. The molecule has 0 spiro atoms. The summed E-state index contributed by atoms with van der Waals surface area (Å²) < 4.78 is 23.3. The zero-order valence-electron chi connectivity index (χ0n) is 21.2. The molecule has 1 amide bonds. The predicted molar refractivity (Wildman–Crippen MR) is 144 cm³/mol. The van der Waals surface area contributed by atoms with Crippen LogP contribution in [0.2, 0.25) is 0 Å². The molecule has 1 aromatic carbocycles. The molecular weight excluding hydrogens is 494 g/mol. The maximum atomic E-state index is 12.6. The second-order valence-corrected chi connectivity index (χ2v) is 13.7. The molecule has 3 aromatic rings. The van der Waals surface area contributed by atoms with E-state index in [1.165, 1.54) is 11.3 Å². The average molecular weight is 528 g/mol. The zero-order chi connectivity index (χ0) is 25.9. The third kappa shape index (κ3) is 6.67. The summed E-state index contributed by atoms with van der Waals surface area (Å²) in [5.41, 5.74) is 3.78. The van der Waals surface area contributed by atoms with E-state index in [2.05, 4.69) is 52.4 Å². The summed E-state index contributed by atoms with van der Waals surface area (Å²) in [6, 6.07) is 7.93. The van der Waals surface area contributed by atoms with Crippen molar-refractivity contribution >= 4 is 33.0 Å². The summed E-state index contributed by atoms with van der Waals surface area (Å²) in [6.45, 7) is 9.36. The van der Waals surface area contributed by atoms with Gasteiger partial charge in [-0.3, -0.25) is 4.79 Å². The maximum Gasteiger partial charge on any atom is 0.263 e. The lowest BCUT2D eigenvalue weighted by atomic mass is 9.98. The number of nitrogens with zero attached hydrogens (tertiary/aromatic N) is 3. The van der Waals surface area contributed by atoms with Gasteiger partial charge < -0.3 is 10.6 Å². The van der Waals surface area contributed by atoms with Crippen LogP contribution in [0.15, 0.2) is 36.7 Å². The highest BCUT2D eigenvalue weighted by Crippen LogP contribution is 2.27. The number of hydrogen-bond donors (Lipinski definition) is 2. The van der Waals surface area contributed by atoms with Gasteiger partial charge in [-0.05, 0) is 48.9 Å². The standard InChI is InChI=1S/C26H33N5O3S2/c1-17-13-19(5-6-20(17)15-28-23(32)22-16-29-24(35-22)26(2,3)4)21-7-10-27-25(31-21)30-14-18-8-11-36(33,34)12-9-18/h5-7,10,13,16,18H,8-9,11-12,14-15H2,1-4H3,(H,28,32)(H,27,30,31). The van der Waals surface area contributed by atoms with Crippen LogP contribution < -0.4 is 10.6 Å². The minimum Gasteiger partial charge on any atom is -0.354 e. The zero-order valence-corrected chi connectivity index (χ0v) is 22.8. The fraction of sp³-hybridized carbons (Fsp3) is 0.462. The van der Waals surface area contributed by atoms with Gasteiger partial charge in [-0.1, -0.05) is 32.9 Å². The molecule has 0 aliphatic carbocycles. The van der Waals surface area contributed by atoms with E-state index in [1.807, 2.05) is 25.1 Å². The lowest BCUT2D eigenvalue weighted by molar-refractivity contribution is 0.0954. The molecule has 1 aliphatic heterocycles. The van der Waals surface area contributed by atoms with Crippen molar-refractivity contribution in [3.05, 3.63) is 57.7 Å². The largest absolute Gasteiger partial charge is 0.354 e. The molecule has 3 heterocycles. The third-order valence-electron chi connectivity index (χ3n) is 6.33. The number of anilines is 1. The van der Waals surface area contributed by atoms with Crippen LogP contribution in [0.4, 0.5) is 5.95 Å². The molecule has 0 saturated carbocycles. The first-order chi connectivity index (χ1) is 17.0. The first-order valence-corrected chi connectivity index (χ1v) is 14.8. The van der Waals surface area contributed by atoms with Gasteiger partial charge in [-0.2, -0.15) is 0 Å². The van der Waals surface area contributed by atoms with E-state index in [1.54, 1.807) is 12.4 Å². The van der Waals surface area contributed by atoms with Gasteiger partial charge in [0.25, 0.3) is 5.91 Å². The molecule has 1 aliphatic rings. The Hall–Kier alpha value is -2.85. The van der Waals surface area contributed by atoms with E-state index in [-0.39, 0.29) is 22.8 Å². The van der Waals surface area contributed by atoms with E-state index < -0.39 is 9.84 Å². The summed E-state index contributed by atoms with van der Waals surface area (Å²) in [5, 5.41) is 7.21. The van der Waals surface area contributed by atoms with Gasteiger partial charge in [-0.15, -0.1) is 11.3 Å². The normalized spacial score (nSPS) is 16.0. The molecule has 36 heavy (non-hydrogen) atoms. The first kappa shape index (κ1) is 26.2. The van der Waals surface area contributed by atoms with Gasteiger partial charge in [0.15, 0.2) is 0 Å². The number of benzene rings is 1. The molecule has 2 aromatic heterocycles. The minimum atomic E-state index is -2.86.